The number of nitrogens with zero attached hydrogens (tertiary/aromatic N) is 1. The molecule has 0 unspecified atom stereocenters. The minimum atomic E-state index is -4.05. The fourth-order valence-corrected chi connectivity index (χ4v) is 6.57. The van der Waals surface area contributed by atoms with E-state index >= 15 is 0 Å². The summed E-state index contributed by atoms with van der Waals surface area (Å²) in [5.74, 6) is 0.349. The summed E-state index contributed by atoms with van der Waals surface area (Å²) < 4.78 is 49.1. The number of anilines is 2. The van der Waals surface area contributed by atoms with Crippen molar-refractivity contribution in [3.63, 3.8) is 0 Å². The third-order valence-electron chi connectivity index (χ3n) is 7.95. The van der Waals surface area contributed by atoms with Gasteiger partial charge in [0.25, 0.3) is 10.0 Å². The van der Waals surface area contributed by atoms with Crippen LogP contribution in [0.4, 0.5) is 20.6 Å². The second kappa shape index (κ2) is 11.7. The maximum absolute atomic E-state index is 14.8. The standard InChI is InChI=1S/C32H38FN3O4S/c1-32(2,3)25-9-11-26(12-10-25)34-31(37)36-20-23-8-14-28(18-24(23)21-36)41(38,39)35-30-15-13-27(19-29(30)33)40-17-16-22-6-4-5-7-22/h8-15,18-19,22,35H,4-7,16-17,20-21H2,1-3H3,(H,34,37). The molecule has 1 heterocycles. The smallest absolute Gasteiger partial charge is 0.322 e. The van der Waals surface area contributed by atoms with Crippen molar-refractivity contribution >= 4 is 27.4 Å². The number of rotatable bonds is 8. The molecule has 0 radical (unpaired) electrons. The van der Waals surface area contributed by atoms with Gasteiger partial charge >= 0.3 is 6.03 Å². The van der Waals surface area contributed by atoms with Crippen LogP contribution in [0.1, 0.15) is 69.6 Å². The van der Waals surface area contributed by atoms with Crippen molar-refractivity contribution in [2.24, 2.45) is 5.92 Å². The van der Waals surface area contributed by atoms with Gasteiger partial charge < -0.3 is 15.0 Å². The molecule has 2 N–H and O–H groups in total. The summed E-state index contributed by atoms with van der Waals surface area (Å²) in [6.07, 6.45) is 5.91. The average Bonchev–Trinajstić information content (AvgIpc) is 3.60. The first-order chi connectivity index (χ1) is 19.5. The van der Waals surface area contributed by atoms with Crippen molar-refractivity contribution in [3.05, 3.63) is 83.2 Å². The topological polar surface area (TPSA) is 87.7 Å². The van der Waals surface area contributed by atoms with Crippen molar-refractivity contribution in [1.29, 1.82) is 0 Å². The summed E-state index contributed by atoms with van der Waals surface area (Å²) in [6.45, 7) is 7.55. The number of ether oxygens (including phenoxy) is 1. The van der Waals surface area contributed by atoms with Gasteiger partial charge in [-0.15, -0.1) is 0 Å². The highest BCUT2D eigenvalue weighted by Crippen LogP contribution is 2.30. The maximum atomic E-state index is 14.8. The first-order valence-electron chi connectivity index (χ1n) is 14.2. The zero-order valence-electron chi connectivity index (χ0n) is 23.9. The highest BCUT2D eigenvalue weighted by molar-refractivity contribution is 7.92. The lowest BCUT2D eigenvalue weighted by molar-refractivity contribution is 0.212. The second-order valence-electron chi connectivity index (χ2n) is 12.1. The van der Waals surface area contributed by atoms with E-state index in [9.17, 15) is 17.6 Å². The predicted molar refractivity (Wildman–Crippen MR) is 159 cm³/mol. The summed E-state index contributed by atoms with van der Waals surface area (Å²) in [5.41, 5.74) is 3.34. The molecule has 0 atom stereocenters. The lowest BCUT2D eigenvalue weighted by Gasteiger charge is -2.20. The number of carbonyl (C=O) groups excluding carboxylic acids is 1. The van der Waals surface area contributed by atoms with Gasteiger partial charge in [-0.1, -0.05) is 64.7 Å². The Bertz CT molecular complexity index is 1510. The zero-order valence-corrected chi connectivity index (χ0v) is 24.7. The quantitative estimate of drug-likeness (QED) is 0.291. The zero-order chi connectivity index (χ0) is 29.2. The molecular formula is C32H38FN3O4S. The van der Waals surface area contributed by atoms with Gasteiger partial charge in [-0.3, -0.25) is 4.72 Å². The van der Waals surface area contributed by atoms with Gasteiger partial charge in [-0.25, -0.2) is 17.6 Å². The molecule has 2 aliphatic rings. The first kappa shape index (κ1) is 28.9. The Labute approximate surface area is 242 Å². The predicted octanol–water partition coefficient (Wildman–Crippen LogP) is 7.43. The number of benzene rings is 3. The van der Waals surface area contributed by atoms with E-state index in [1.54, 1.807) is 23.1 Å². The molecule has 1 saturated carbocycles. The van der Waals surface area contributed by atoms with Crippen LogP contribution in [-0.4, -0.2) is 26.0 Å². The lowest BCUT2D eigenvalue weighted by Crippen LogP contribution is -2.30. The number of urea groups is 1. The van der Waals surface area contributed by atoms with Crippen LogP contribution in [-0.2, 0) is 28.5 Å². The molecule has 0 aromatic heterocycles. The number of amides is 2. The van der Waals surface area contributed by atoms with E-state index in [0.717, 1.165) is 17.5 Å². The van der Waals surface area contributed by atoms with E-state index in [1.807, 2.05) is 24.3 Å². The van der Waals surface area contributed by atoms with Gasteiger partial charge in [0.1, 0.15) is 5.75 Å². The van der Waals surface area contributed by atoms with Gasteiger partial charge in [-0.05, 0) is 70.8 Å². The molecule has 3 aromatic carbocycles. The minimum Gasteiger partial charge on any atom is -0.493 e. The van der Waals surface area contributed by atoms with E-state index in [4.69, 9.17) is 4.74 Å². The van der Waals surface area contributed by atoms with Crippen LogP contribution in [0, 0.1) is 11.7 Å². The molecule has 1 aliphatic carbocycles. The van der Waals surface area contributed by atoms with E-state index in [1.165, 1.54) is 49.4 Å². The third kappa shape index (κ3) is 7.01. The van der Waals surface area contributed by atoms with Crippen molar-refractivity contribution in [2.75, 3.05) is 16.6 Å². The molecule has 1 aliphatic heterocycles. The van der Waals surface area contributed by atoms with Crippen LogP contribution >= 0.6 is 0 Å². The summed E-state index contributed by atoms with van der Waals surface area (Å²) >= 11 is 0. The Morgan fingerprint density at radius 2 is 1.68 bits per heavy atom. The molecule has 9 heteroatoms. The summed E-state index contributed by atoms with van der Waals surface area (Å²) in [4.78, 5) is 14.5. The fourth-order valence-electron chi connectivity index (χ4n) is 5.45. The van der Waals surface area contributed by atoms with Crippen LogP contribution < -0.4 is 14.8 Å². The number of sulfonamides is 1. The Kier molecular flexibility index (Phi) is 8.27. The molecular weight excluding hydrogens is 541 g/mol. The second-order valence-corrected chi connectivity index (χ2v) is 13.8. The first-order valence-corrected chi connectivity index (χ1v) is 15.7. The summed E-state index contributed by atoms with van der Waals surface area (Å²) in [6, 6.07) is 16.4. The molecule has 7 nitrogen and oxygen atoms in total. The van der Waals surface area contributed by atoms with E-state index in [2.05, 4.69) is 30.8 Å². The maximum Gasteiger partial charge on any atom is 0.322 e. The van der Waals surface area contributed by atoms with E-state index in [-0.39, 0.29) is 28.6 Å². The lowest BCUT2D eigenvalue weighted by atomic mass is 9.87. The molecule has 3 aromatic rings. The van der Waals surface area contributed by atoms with Gasteiger partial charge in [0, 0.05) is 24.8 Å². The van der Waals surface area contributed by atoms with Crippen LogP contribution in [0.15, 0.2) is 65.6 Å². The monoisotopic (exact) mass is 579 g/mol. The molecule has 0 spiro atoms. The highest BCUT2D eigenvalue weighted by atomic mass is 32.2. The Balaban J connectivity index is 1.19. The fraction of sp³-hybridized carbons (Fsp3) is 0.406. The third-order valence-corrected chi connectivity index (χ3v) is 9.32. The van der Waals surface area contributed by atoms with Crippen molar-refractivity contribution < 1.29 is 22.3 Å². The average molecular weight is 580 g/mol. The van der Waals surface area contributed by atoms with Crippen molar-refractivity contribution in [1.82, 2.24) is 4.90 Å². The van der Waals surface area contributed by atoms with E-state index < -0.39 is 15.8 Å². The van der Waals surface area contributed by atoms with Gasteiger partial charge in [-0.2, -0.15) is 0 Å². The van der Waals surface area contributed by atoms with Gasteiger partial charge in [0.15, 0.2) is 5.82 Å². The largest absolute Gasteiger partial charge is 0.493 e. The molecule has 2 amide bonds. The molecule has 5 rings (SSSR count). The van der Waals surface area contributed by atoms with Crippen LogP contribution in [0.2, 0.25) is 0 Å². The normalized spacial score (nSPS) is 15.6. The number of hydrogen-bond donors (Lipinski definition) is 2. The summed E-state index contributed by atoms with van der Waals surface area (Å²) in [5, 5.41) is 2.92. The van der Waals surface area contributed by atoms with E-state index in [0.29, 0.717) is 30.5 Å². The van der Waals surface area contributed by atoms with Crippen LogP contribution in [0.25, 0.3) is 0 Å². The molecule has 0 saturated heterocycles. The molecule has 0 bridgehead atoms. The number of nitrogens with one attached hydrogen (secondary N) is 2. The Morgan fingerprint density at radius 1 is 0.976 bits per heavy atom. The SMILES string of the molecule is CC(C)(C)c1ccc(NC(=O)N2Cc3ccc(S(=O)(=O)Nc4ccc(OCCC5CCCC5)cc4F)cc3C2)cc1. The van der Waals surface area contributed by atoms with Crippen LogP contribution in [0.5, 0.6) is 5.75 Å². The number of fused-ring (bicyclic) bond motifs is 1. The van der Waals surface area contributed by atoms with Crippen LogP contribution in [0.3, 0.4) is 0 Å². The minimum absolute atomic E-state index is 0.00701. The van der Waals surface area contributed by atoms with Gasteiger partial charge in [0.2, 0.25) is 0 Å². The Hall–Kier alpha value is -3.59. The summed E-state index contributed by atoms with van der Waals surface area (Å²) in [7, 11) is -4.05. The highest BCUT2D eigenvalue weighted by Gasteiger charge is 2.26. The van der Waals surface area contributed by atoms with Crippen molar-refractivity contribution in [3.8, 4) is 5.75 Å². The number of halogens is 1. The Morgan fingerprint density at radius 3 is 2.37 bits per heavy atom. The molecule has 41 heavy (non-hydrogen) atoms. The number of hydrogen-bond acceptors (Lipinski definition) is 4. The molecule has 1 fully saturated rings. The van der Waals surface area contributed by atoms with Gasteiger partial charge in [0.05, 0.1) is 17.2 Å². The number of carbonyl (C=O) groups is 1. The molecule has 218 valence electrons. The van der Waals surface area contributed by atoms with Crippen molar-refractivity contribution in [2.45, 2.75) is 76.3 Å².